The van der Waals surface area contributed by atoms with Crippen LogP contribution in [0.15, 0.2) is 0 Å². The summed E-state index contributed by atoms with van der Waals surface area (Å²) in [7, 11) is 0. The van der Waals surface area contributed by atoms with Crippen LogP contribution in [0.4, 0.5) is 0 Å². The molecule has 0 aromatic rings. The first-order valence-corrected chi connectivity index (χ1v) is 3.21. The summed E-state index contributed by atoms with van der Waals surface area (Å²) in [5, 5.41) is 10.2. The summed E-state index contributed by atoms with van der Waals surface area (Å²) in [6.07, 6.45) is 3.26. The highest BCUT2D eigenvalue weighted by molar-refractivity contribution is 4.69. The van der Waals surface area contributed by atoms with Gasteiger partial charge in [0.05, 0.1) is 6.61 Å². The molecule has 2 N–H and O–H groups in total. The van der Waals surface area contributed by atoms with Gasteiger partial charge in [0, 0.05) is 6.04 Å². The second-order valence-electron chi connectivity index (χ2n) is 2.24. The summed E-state index contributed by atoms with van der Waals surface area (Å²) in [6, 6.07) is 0.110. The lowest BCUT2D eigenvalue weighted by molar-refractivity contribution is 0.220. The zero-order valence-corrected chi connectivity index (χ0v) is 5.01. The van der Waals surface area contributed by atoms with Crippen molar-refractivity contribution in [3.8, 4) is 0 Å². The van der Waals surface area contributed by atoms with E-state index in [1.165, 1.54) is 11.7 Å². The normalized spacial score (nSPS) is 34.6. The molecule has 1 aliphatic heterocycles. The molecule has 1 atom stereocenters. The van der Waals surface area contributed by atoms with Gasteiger partial charge in [-0.1, -0.05) is 6.42 Å². The van der Waals surface area contributed by atoms with Crippen molar-refractivity contribution in [2.24, 2.45) is 0 Å². The topological polar surface area (TPSA) is 32.3 Å². The molecule has 1 rings (SSSR count). The Kier molecular flexibility index (Phi) is 1.82. The fourth-order valence-corrected chi connectivity index (χ4v) is 1.01. The van der Waals surface area contributed by atoms with Gasteiger partial charge in [0.2, 0.25) is 0 Å². The number of hydrogen-bond donors (Lipinski definition) is 2. The lowest BCUT2D eigenvalue weighted by Gasteiger charge is -2.20. The smallest absolute Gasteiger partial charge is 0.123 e. The molecule has 8 heavy (non-hydrogen) atoms. The minimum absolute atomic E-state index is 0.110. The minimum Gasteiger partial charge on any atom is -0.395 e. The zero-order valence-electron chi connectivity index (χ0n) is 6.01. The van der Waals surface area contributed by atoms with E-state index in [9.17, 15) is 0 Å². The van der Waals surface area contributed by atoms with Crippen LogP contribution in [0.25, 0.3) is 0 Å². The molecule has 0 spiro atoms. The highest BCUT2D eigenvalue weighted by Gasteiger charge is 2.09. The van der Waals surface area contributed by atoms with E-state index < -0.39 is 0 Å². The number of aliphatic hydroxyl groups excluding tert-OH is 1. The fourth-order valence-electron chi connectivity index (χ4n) is 1.01. The third kappa shape index (κ3) is 1.46. The van der Waals surface area contributed by atoms with Crippen LogP contribution < -0.4 is 5.31 Å². The molecule has 0 aromatic heterocycles. The van der Waals surface area contributed by atoms with E-state index in [0.717, 1.165) is 19.4 Å². The third-order valence-electron chi connectivity index (χ3n) is 1.54. The van der Waals surface area contributed by atoms with E-state index in [1.54, 1.807) is 0 Å². The van der Waals surface area contributed by atoms with Gasteiger partial charge in [0.25, 0.3) is 0 Å². The van der Waals surface area contributed by atoms with Crippen LogP contribution in [0.5, 0.6) is 0 Å². The van der Waals surface area contributed by atoms with E-state index >= 15 is 0 Å². The predicted octanol–water partition coefficient (Wildman–Crippen LogP) is 0.121. The van der Waals surface area contributed by atoms with Gasteiger partial charge < -0.3 is 10.4 Å². The van der Waals surface area contributed by atoms with E-state index in [4.69, 9.17) is 6.52 Å². The molecule has 1 unspecified atom stereocenters. The van der Waals surface area contributed by atoms with Gasteiger partial charge in [-0.25, -0.2) is 0 Å². The molecule has 48 valence electrons. The number of aliphatic hydroxyl groups is 1. The maximum absolute atomic E-state index is 8.70. The van der Waals surface area contributed by atoms with E-state index in [-0.39, 0.29) is 12.6 Å². The van der Waals surface area contributed by atoms with Gasteiger partial charge >= 0.3 is 0 Å². The number of rotatable bonds is 1. The Hall–Kier alpha value is -0.0800. The molecular weight excluding hydrogens is 102 g/mol. The highest BCUT2D eigenvalue weighted by Crippen LogP contribution is 2.04. The molecule has 1 fully saturated rings. The lowest BCUT2D eigenvalue weighted by atomic mass is 10.1. The molecule has 2 nitrogen and oxygen atoms in total. The molecule has 0 saturated carbocycles. The minimum atomic E-state index is 0.110. The number of nitrogens with one attached hydrogen (secondary N) is 1. The van der Waals surface area contributed by atoms with E-state index in [0.29, 0.717) is 0 Å². The van der Waals surface area contributed by atoms with Crippen molar-refractivity contribution in [1.82, 2.24) is 5.31 Å². The fraction of sp³-hybridized carbons (Fsp3) is 1.00. The first-order valence-electron chi connectivity index (χ1n) is 3.65. The summed E-state index contributed by atoms with van der Waals surface area (Å²) in [5.74, 6) is 0. The molecule has 0 radical (unpaired) electrons. The number of hydrogen-bond acceptors (Lipinski definition) is 2. The van der Waals surface area contributed by atoms with Crippen LogP contribution >= 0.6 is 0 Å². The van der Waals surface area contributed by atoms with Crippen molar-refractivity contribution in [2.45, 2.75) is 25.3 Å². The van der Waals surface area contributed by atoms with Crippen LogP contribution in [0.2, 0.25) is 1.41 Å². The van der Waals surface area contributed by atoms with Gasteiger partial charge in [-0.3, -0.25) is 0 Å². The number of piperidine rings is 1. The lowest BCUT2D eigenvalue weighted by Crippen LogP contribution is -2.36. The summed E-state index contributed by atoms with van der Waals surface area (Å²) < 4.78 is 7.30. The summed E-state index contributed by atoms with van der Waals surface area (Å²) >= 11 is 0. The standard InChI is InChI=1S/C6H13NO/c8-5-6-3-1-2-4-7-6/h6-8H,1-5H2/i/hD. The van der Waals surface area contributed by atoms with Crippen LogP contribution in [-0.2, 0) is 0 Å². The molecule has 0 aliphatic carbocycles. The SMILES string of the molecule is [2H]N1CCCCC1CO. The maximum atomic E-state index is 8.70. The van der Waals surface area contributed by atoms with Crippen molar-refractivity contribution in [3.63, 3.8) is 0 Å². The summed E-state index contributed by atoms with van der Waals surface area (Å²) in [6.45, 7) is 0.967. The van der Waals surface area contributed by atoms with Crippen LogP contribution in [0, 0.1) is 0 Å². The molecule has 0 bridgehead atoms. The van der Waals surface area contributed by atoms with Crippen molar-refractivity contribution in [2.75, 3.05) is 13.2 Å². The Balaban J connectivity index is 2.30. The van der Waals surface area contributed by atoms with Crippen molar-refractivity contribution >= 4 is 0 Å². The molecular formula is C6H13NO. The second-order valence-corrected chi connectivity index (χ2v) is 2.24. The van der Waals surface area contributed by atoms with Crippen LogP contribution in [0.3, 0.4) is 0 Å². The van der Waals surface area contributed by atoms with Crippen molar-refractivity contribution < 1.29 is 6.52 Å². The summed E-state index contributed by atoms with van der Waals surface area (Å²) in [4.78, 5) is 0. The van der Waals surface area contributed by atoms with E-state index in [1.807, 2.05) is 0 Å². The molecule has 2 heteroatoms. The molecule has 1 heterocycles. The Morgan fingerprint density at radius 1 is 1.75 bits per heavy atom. The Morgan fingerprint density at radius 2 is 2.62 bits per heavy atom. The van der Waals surface area contributed by atoms with Crippen LogP contribution in [0.1, 0.15) is 19.3 Å². The average molecular weight is 116 g/mol. The average Bonchev–Trinajstić information content (AvgIpc) is 1.89. The maximum Gasteiger partial charge on any atom is 0.123 e. The quantitative estimate of drug-likeness (QED) is 0.510. The van der Waals surface area contributed by atoms with Crippen molar-refractivity contribution in [3.05, 3.63) is 0 Å². The van der Waals surface area contributed by atoms with Gasteiger partial charge in [-0.15, -0.1) is 0 Å². The Bertz CT molecular complexity index is 89.1. The Labute approximate surface area is 51.4 Å². The molecule has 1 saturated heterocycles. The first kappa shape index (κ1) is 4.77. The molecule has 1 aliphatic rings. The summed E-state index contributed by atoms with van der Waals surface area (Å²) in [5.41, 5.74) is 0. The molecule has 0 amide bonds. The second kappa shape index (κ2) is 3.05. The van der Waals surface area contributed by atoms with E-state index in [2.05, 4.69) is 0 Å². The van der Waals surface area contributed by atoms with Gasteiger partial charge in [0.1, 0.15) is 1.41 Å². The largest absolute Gasteiger partial charge is 0.395 e. The van der Waals surface area contributed by atoms with Crippen molar-refractivity contribution in [1.29, 1.82) is 0 Å². The molecule has 0 aromatic carbocycles. The monoisotopic (exact) mass is 116 g/mol. The first-order chi connectivity index (χ1) is 4.34. The van der Waals surface area contributed by atoms with Gasteiger partial charge in [-0.05, 0) is 19.4 Å². The third-order valence-corrected chi connectivity index (χ3v) is 1.54. The highest BCUT2D eigenvalue weighted by atomic mass is 16.3. The van der Waals surface area contributed by atoms with Gasteiger partial charge in [0.15, 0.2) is 0 Å². The van der Waals surface area contributed by atoms with Gasteiger partial charge in [-0.2, -0.15) is 0 Å². The van der Waals surface area contributed by atoms with Crippen LogP contribution in [-0.4, -0.2) is 24.3 Å². The zero-order chi connectivity index (χ0) is 6.69. The predicted molar refractivity (Wildman–Crippen MR) is 32.7 cm³/mol. The Morgan fingerprint density at radius 3 is 3.12 bits per heavy atom.